The number of hydrogen-bond donors (Lipinski definition) is 3. The molecule has 0 saturated carbocycles. The molecule has 3 rings (SSSR count). The SMILES string of the molecule is O=C(O)CCc1c(C(=O)O)[nH]c2cc(Cc3ccccc3)ccc12. The Morgan fingerprint density at radius 2 is 1.71 bits per heavy atom. The van der Waals surface area contributed by atoms with Gasteiger partial charge in [0.05, 0.1) is 0 Å². The van der Waals surface area contributed by atoms with E-state index in [-0.39, 0.29) is 18.5 Å². The lowest BCUT2D eigenvalue weighted by molar-refractivity contribution is -0.136. The van der Waals surface area contributed by atoms with Crippen LogP contribution in [0.5, 0.6) is 0 Å². The summed E-state index contributed by atoms with van der Waals surface area (Å²) in [6.45, 7) is 0. The van der Waals surface area contributed by atoms with Crippen molar-refractivity contribution in [2.75, 3.05) is 0 Å². The third-order valence-electron chi connectivity index (χ3n) is 4.02. The number of aryl methyl sites for hydroxylation is 1. The van der Waals surface area contributed by atoms with Gasteiger partial charge in [-0.05, 0) is 35.6 Å². The number of aromatic nitrogens is 1. The summed E-state index contributed by atoms with van der Waals surface area (Å²) in [5.74, 6) is -2.02. The topological polar surface area (TPSA) is 90.4 Å². The van der Waals surface area contributed by atoms with Crippen molar-refractivity contribution in [2.24, 2.45) is 0 Å². The summed E-state index contributed by atoms with van der Waals surface area (Å²) < 4.78 is 0. The molecular weight excluding hydrogens is 306 g/mol. The molecule has 2 aromatic carbocycles. The van der Waals surface area contributed by atoms with Crippen molar-refractivity contribution in [3.05, 3.63) is 70.9 Å². The molecule has 0 unspecified atom stereocenters. The van der Waals surface area contributed by atoms with E-state index in [1.807, 2.05) is 48.5 Å². The van der Waals surface area contributed by atoms with Crippen LogP contribution in [-0.2, 0) is 17.6 Å². The Morgan fingerprint density at radius 3 is 2.38 bits per heavy atom. The highest BCUT2D eigenvalue weighted by Crippen LogP contribution is 2.26. The minimum absolute atomic E-state index is 0.0723. The van der Waals surface area contributed by atoms with Gasteiger partial charge in [0.2, 0.25) is 0 Å². The molecule has 0 aliphatic carbocycles. The van der Waals surface area contributed by atoms with Crippen LogP contribution < -0.4 is 0 Å². The molecule has 3 N–H and O–H groups in total. The van der Waals surface area contributed by atoms with E-state index in [0.29, 0.717) is 5.56 Å². The fraction of sp³-hybridized carbons (Fsp3) is 0.158. The first-order chi connectivity index (χ1) is 11.5. The summed E-state index contributed by atoms with van der Waals surface area (Å²) in [6, 6.07) is 15.8. The van der Waals surface area contributed by atoms with Crippen LogP contribution in [0.1, 0.15) is 33.6 Å². The predicted molar refractivity (Wildman–Crippen MR) is 90.5 cm³/mol. The van der Waals surface area contributed by atoms with Crippen LogP contribution in [0.25, 0.3) is 10.9 Å². The Hall–Kier alpha value is -3.08. The normalized spacial score (nSPS) is 10.8. The number of nitrogens with one attached hydrogen (secondary N) is 1. The van der Waals surface area contributed by atoms with Crippen molar-refractivity contribution < 1.29 is 19.8 Å². The van der Waals surface area contributed by atoms with Crippen molar-refractivity contribution in [3.63, 3.8) is 0 Å². The largest absolute Gasteiger partial charge is 0.481 e. The van der Waals surface area contributed by atoms with Crippen LogP contribution in [0.3, 0.4) is 0 Å². The third kappa shape index (κ3) is 3.30. The zero-order valence-electron chi connectivity index (χ0n) is 13.0. The van der Waals surface area contributed by atoms with Gasteiger partial charge in [-0.1, -0.05) is 42.5 Å². The molecule has 0 atom stereocenters. The zero-order chi connectivity index (χ0) is 17.1. The molecule has 0 aliphatic heterocycles. The summed E-state index contributed by atoms with van der Waals surface area (Å²) in [4.78, 5) is 25.2. The summed E-state index contributed by atoms with van der Waals surface area (Å²) >= 11 is 0. The highest BCUT2D eigenvalue weighted by molar-refractivity contribution is 5.97. The van der Waals surface area contributed by atoms with Gasteiger partial charge in [-0.15, -0.1) is 0 Å². The number of carboxylic acids is 2. The fourth-order valence-electron chi connectivity index (χ4n) is 2.92. The molecule has 0 radical (unpaired) electrons. The summed E-state index contributed by atoms with van der Waals surface area (Å²) in [5, 5.41) is 19.0. The summed E-state index contributed by atoms with van der Waals surface area (Å²) in [7, 11) is 0. The lowest BCUT2D eigenvalue weighted by Crippen LogP contribution is -2.04. The molecule has 5 heteroatoms. The molecule has 3 aromatic rings. The number of carbonyl (C=O) groups is 2. The van der Waals surface area contributed by atoms with Gasteiger partial charge in [0.25, 0.3) is 0 Å². The van der Waals surface area contributed by atoms with Gasteiger partial charge in [-0.3, -0.25) is 4.79 Å². The van der Waals surface area contributed by atoms with Gasteiger partial charge in [0.15, 0.2) is 0 Å². The molecule has 1 aromatic heterocycles. The number of hydrogen-bond acceptors (Lipinski definition) is 2. The zero-order valence-corrected chi connectivity index (χ0v) is 13.0. The van der Waals surface area contributed by atoms with Crippen LogP contribution in [0, 0.1) is 0 Å². The second-order valence-electron chi connectivity index (χ2n) is 5.72. The Labute approximate surface area is 138 Å². The van der Waals surface area contributed by atoms with Crippen LogP contribution >= 0.6 is 0 Å². The molecule has 0 saturated heterocycles. The Kier molecular flexibility index (Phi) is 4.33. The molecule has 24 heavy (non-hydrogen) atoms. The lowest BCUT2D eigenvalue weighted by Gasteiger charge is -2.03. The number of benzene rings is 2. The van der Waals surface area contributed by atoms with E-state index in [1.54, 1.807) is 0 Å². The van der Waals surface area contributed by atoms with E-state index in [1.165, 1.54) is 5.56 Å². The molecule has 5 nitrogen and oxygen atoms in total. The van der Waals surface area contributed by atoms with E-state index in [2.05, 4.69) is 4.98 Å². The Morgan fingerprint density at radius 1 is 0.958 bits per heavy atom. The van der Waals surface area contributed by atoms with E-state index < -0.39 is 11.9 Å². The first kappa shape index (κ1) is 15.8. The van der Waals surface area contributed by atoms with Gasteiger partial charge in [0, 0.05) is 17.3 Å². The average molecular weight is 323 g/mol. The van der Waals surface area contributed by atoms with Crippen LogP contribution in [0.2, 0.25) is 0 Å². The monoisotopic (exact) mass is 323 g/mol. The number of aromatic carboxylic acids is 1. The van der Waals surface area contributed by atoms with Gasteiger partial charge in [-0.25, -0.2) is 4.79 Å². The molecular formula is C19H17NO4. The number of aliphatic carboxylic acids is 1. The average Bonchev–Trinajstić information content (AvgIpc) is 2.92. The van der Waals surface area contributed by atoms with E-state index >= 15 is 0 Å². The Balaban J connectivity index is 1.98. The van der Waals surface area contributed by atoms with Crippen molar-refractivity contribution in [3.8, 4) is 0 Å². The van der Waals surface area contributed by atoms with E-state index in [4.69, 9.17) is 5.11 Å². The van der Waals surface area contributed by atoms with Crippen molar-refractivity contribution in [1.82, 2.24) is 4.98 Å². The maximum atomic E-state index is 11.4. The summed E-state index contributed by atoms with van der Waals surface area (Å²) in [5.41, 5.74) is 3.58. The fourth-order valence-corrected chi connectivity index (χ4v) is 2.92. The second kappa shape index (κ2) is 6.58. The molecule has 0 aliphatic rings. The highest BCUT2D eigenvalue weighted by Gasteiger charge is 2.18. The number of rotatable bonds is 6. The quantitative estimate of drug-likeness (QED) is 0.648. The van der Waals surface area contributed by atoms with Gasteiger partial charge in [0.1, 0.15) is 5.69 Å². The molecule has 122 valence electrons. The summed E-state index contributed by atoms with van der Waals surface area (Å²) in [6.07, 6.45) is 0.844. The van der Waals surface area contributed by atoms with Crippen LogP contribution in [0.4, 0.5) is 0 Å². The molecule has 0 fully saturated rings. The van der Waals surface area contributed by atoms with Crippen molar-refractivity contribution in [1.29, 1.82) is 0 Å². The number of fused-ring (bicyclic) bond motifs is 1. The van der Waals surface area contributed by atoms with Crippen molar-refractivity contribution >= 4 is 22.8 Å². The first-order valence-electron chi connectivity index (χ1n) is 7.67. The standard InChI is InChI=1S/C19H17NO4/c21-17(22)9-8-15-14-7-6-13(10-12-4-2-1-3-5-12)11-16(14)20-18(15)19(23)24/h1-7,11,20H,8-10H2,(H,21,22)(H,23,24). The predicted octanol–water partition coefficient (Wildman–Crippen LogP) is 3.47. The smallest absolute Gasteiger partial charge is 0.352 e. The minimum atomic E-state index is -1.07. The third-order valence-corrected chi connectivity index (χ3v) is 4.02. The first-order valence-corrected chi connectivity index (χ1v) is 7.67. The van der Waals surface area contributed by atoms with Crippen LogP contribution in [-0.4, -0.2) is 27.1 Å². The van der Waals surface area contributed by atoms with Gasteiger partial charge >= 0.3 is 11.9 Å². The van der Waals surface area contributed by atoms with Gasteiger partial charge < -0.3 is 15.2 Å². The minimum Gasteiger partial charge on any atom is -0.481 e. The van der Waals surface area contributed by atoms with Crippen LogP contribution in [0.15, 0.2) is 48.5 Å². The number of H-pyrrole nitrogens is 1. The number of aromatic amines is 1. The molecule has 0 spiro atoms. The second-order valence-corrected chi connectivity index (χ2v) is 5.72. The van der Waals surface area contributed by atoms with E-state index in [0.717, 1.165) is 22.9 Å². The lowest BCUT2D eigenvalue weighted by atomic mass is 10.0. The highest BCUT2D eigenvalue weighted by atomic mass is 16.4. The van der Waals surface area contributed by atoms with Gasteiger partial charge in [-0.2, -0.15) is 0 Å². The molecule has 1 heterocycles. The number of carboxylic acid groups (broad SMARTS) is 2. The maximum Gasteiger partial charge on any atom is 0.352 e. The van der Waals surface area contributed by atoms with E-state index in [9.17, 15) is 14.7 Å². The molecule has 0 bridgehead atoms. The molecule has 0 amide bonds. The maximum absolute atomic E-state index is 11.4. The Bertz CT molecular complexity index is 896. The van der Waals surface area contributed by atoms with Crippen molar-refractivity contribution in [2.45, 2.75) is 19.3 Å².